The molecule has 0 aliphatic heterocycles. The Labute approximate surface area is 104 Å². The van der Waals surface area contributed by atoms with Crippen molar-refractivity contribution < 1.29 is 4.79 Å². The van der Waals surface area contributed by atoms with Crippen molar-refractivity contribution in [1.29, 1.82) is 0 Å². The van der Waals surface area contributed by atoms with Gasteiger partial charge < -0.3 is 5.32 Å². The van der Waals surface area contributed by atoms with Crippen LogP contribution < -0.4 is 5.32 Å². The molecule has 1 aliphatic rings. The smallest absolute Gasteiger partial charge is 0.182 e. The Balaban J connectivity index is 2.12. The Morgan fingerprint density at radius 2 is 2.19 bits per heavy atom. The van der Waals surface area contributed by atoms with Gasteiger partial charge in [-0.15, -0.1) is 0 Å². The minimum absolute atomic E-state index is 0.128. The highest BCUT2D eigenvalue weighted by molar-refractivity contribution is 6.34. The second-order valence-electron chi connectivity index (χ2n) is 3.83. The fourth-order valence-corrected chi connectivity index (χ4v) is 1.83. The van der Waals surface area contributed by atoms with Crippen molar-refractivity contribution in [2.45, 2.75) is 24.9 Å². The molecule has 16 heavy (non-hydrogen) atoms. The molecule has 0 aromatic carbocycles. The third kappa shape index (κ3) is 2.73. The van der Waals surface area contributed by atoms with E-state index in [2.05, 4.69) is 17.2 Å². The Morgan fingerprint density at radius 3 is 2.75 bits per heavy atom. The molecule has 0 spiro atoms. The van der Waals surface area contributed by atoms with Gasteiger partial charge in [0.1, 0.15) is 10.3 Å². The van der Waals surface area contributed by atoms with Gasteiger partial charge in [0, 0.05) is 6.04 Å². The molecule has 1 fully saturated rings. The van der Waals surface area contributed by atoms with Crippen molar-refractivity contribution in [3.63, 3.8) is 0 Å². The molecule has 1 aromatic heterocycles. The Bertz CT molecular complexity index is 418. The second-order valence-corrected chi connectivity index (χ2v) is 4.58. The lowest BCUT2D eigenvalue weighted by Crippen LogP contribution is -2.36. The van der Waals surface area contributed by atoms with Crippen LogP contribution in [0.1, 0.15) is 23.2 Å². The highest BCUT2D eigenvalue weighted by Gasteiger charge is 2.27. The van der Waals surface area contributed by atoms with Crippen molar-refractivity contribution in [1.82, 2.24) is 10.3 Å². The number of aromatic nitrogens is 1. The molecule has 1 unspecified atom stereocenters. The minimum Gasteiger partial charge on any atom is -0.304 e. The quantitative estimate of drug-likeness (QED) is 0.666. The summed E-state index contributed by atoms with van der Waals surface area (Å²) in [7, 11) is 0. The van der Waals surface area contributed by atoms with Crippen molar-refractivity contribution >= 4 is 29.0 Å². The molecular weight excluding hydrogens is 247 g/mol. The molecule has 0 saturated heterocycles. The number of hydrogen-bond donors (Lipinski definition) is 1. The minimum atomic E-state index is -0.479. The van der Waals surface area contributed by atoms with Crippen LogP contribution in [0.25, 0.3) is 0 Å². The zero-order valence-electron chi connectivity index (χ0n) is 8.54. The summed E-state index contributed by atoms with van der Waals surface area (Å²) < 4.78 is 0. The number of rotatable bonds is 4. The van der Waals surface area contributed by atoms with E-state index in [0.717, 1.165) is 12.8 Å². The number of nitrogens with one attached hydrogen (secondary N) is 1. The maximum Gasteiger partial charge on any atom is 0.182 e. The molecule has 0 bridgehead atoms. The molecule has 85 valence electrons. The summed E-state index contributed by atoms with van der Waals surface area (Å²) in [6, 6.07) is 3.07. The summed E-state index contributed by atoms with van der Waals surface area (Å²) in [5.41, 5.74) is 0.360. The summed E-state index contributed by atoms with van der Waals surface area (Å²) >= 11 is 11.5. The number of carbonyl (C=O) groups is 1. The summed E-state index contributed by atoms with van der Waals surface area (Å²) in [5.74, 6) is -0.152. The van der Waals surface area contributed by atoms with Crippen LogP contribution >= 0.6 is 23.2 Å². The van der Waals surface area contributed by atoms with E-state index < -0.39 is 6.04 Å². The lowest BCUT2D eigenvalue weighted by Gasteiger charge is -2.12. The molecule has 1 radical (unpaired) electrons. The van der Waals surface area contributed by atoms with Crippen LogP contribution in [0, 0.1) is 6.92 Å². The molecule has 1 aliphatic carbocycles. The molecule has 1 heterocycles. The van der Waals surface area contributed by atoms with Gasteiger partial charge in [0.25, 0.3) is 0 Å². The molecule has 5 heteroatoms. The van der Waals surface area contributed by atoms with E-state index in [1.165, 1.54) is 0 Å². The number of nitrogens with zero attached hydrogens (tertiary/aromatic N) is 1. The Hall–Kier alpha value is -0.640. The first-order valence-electron chi connectivity index (χ1n) is 5.03. The first-order valence-corrected chi connectivity index (χ1v) is 5.79. The van der Waals surface area contributed by atoms with Gasteiger partial charge in [0.05, 0.1) is 11.6 Å². The maximum atomic E-state index is 11.9. The van der Waals surface area contributed by atoms with Crippen LogP contribution in [0.4, 0.5) is 0 Å². The summed E-state index contributed by atoms with van der Waals surface area (Å²) in [5, 5.41) is 3.52. The van der Waals surface area contributed by atoms with Gasteiger partial charge in [-0.3, -0.25) is 4.79 Å². The Kier molecular flexibility index (Phi) is 3.47. The molecule has 1 atom stereocenters. The number of ketones is 1. The summed E-state index contributed by atoms with van der Waals surface area (Å²) in [6.45, 7) is 3.78. The van der Waals surface area contributed by atoms with Crippen LogP contribution in [-0.4, -0.2) is 22.9 Å². The van der Waals surface area contributed by atoms with Crippen LogP contribution in [-0.2, 0) is 0 Å². The van der Waals surface area contributed by atoms with E-state index in [1.807, 2.05) is 0 Å². The predicted octanol–water partition coefficient (Wildman–Crippen LogP) is 2.53. The molecule has 2 rings (SSSR count). The van der Waals surface area contributed by atoms with Crippen LogP contribution in [0.3, 0.4) is 0 Å². The first-order chi connectivity index (χ1) is 7.58. The van der Waals surface area contributed by atoms with E-state index in [4.69, 9.17) is 23.2 Å². The van der Waals surface area contributed by atoms with Crippen LogP contribution in [0.2, 0.25) is 10.3 Å². The van der Waals surface area contributed by atoms with E-state index in [9.17, 15) is 4.79 Å². The number of carbonyl (C=O) groups excluding carboxylic acids is 1. The predicted molar refractivity (Wildman–Crippen MR) is 63.9 cm³/mol. The lowest BCUT2D eigenvalue weighted by molar-refractivity contribution is 0.0961. The first kappa shape index (κ1) is 11.8. The van der Waals surface area contributed by atoms with Gasteiger partial charge in [0.2, 0.25) is 0 Å². The van der Waals surface area contributed by atoms with Crippen LogP contribution in [0.15, 0.2) is 12.1 Å². The van der Waals surface area contributed by atoms with Gasteiger partial charge in [-0.1, -0.05) is 23.2 Å². The largest absolute Gasteiger partial charge is 0.304 e. The maximum absolute atomic E-state index is 11.9. The normalized spacial score (nSPS) is 17.2. The number of halogens is 2. The second kappa shape index (κ2) is 4.70. The monoisotopic (exact) mass is 257 g/mol. The average molecular weight is 258 g/mol. The van der Waals surface area contributed by atoms with Crippen molar-refractivity contribution in [3.05, 3.63) is 34.9 Å². The van der Waals surface area contributed by atoms with Gasteiger partial charge in [-0.25, -0.2) is 4.98 Å². The Morgan fingerprint density at radius 1 is 1.50 bits per heavy atom. The number of hydrogen-bond acceptors (Lipinski definition) is 3. The highest BCUT2D eigenvalue weighted by atomic mass is 35.5. The summed E-state index contributed by atoms with van der Waals surface area (Å²) in [6.07, 6.45) is 2.21. The lowest BCUT2D eigenvalue weighted by atomic mass is 10.1. The molecule has 1 saturated carbocycles. The molecule has 1 N–H and O–H groups in total. The molecule has 1 aromatic rings. The van der Waals surface area contributed by atoms with E-state index >= 15 is 0 Å². The van der Waals surface area contributed by atoms with E-state index in [-0.39, 0.29) is 16.1 Å². The van der Waals surface area contributed by atoms with Gasteiger partial charge >= 0.3 is 0 Å². The SMILES string of the molecule is [CH2]C(NC1CC1)C(=O)c1ccc(Cl)nc1Cl. The van der Waals surface area contributed by atoms with Gasteiger partial charge in [-0.2, -0.15) is 0 Å². The van der Waals surface area contributed by atoms with E-state index in [0.29, 0.717) is 11.6 Å². The van der Waals surface area contributed by atoms with Crippen LogP contribution in [0.5, 0.6) is 0 Å². The van der Waals surface area contributed by atoms with Crippen molar-refractivity contribution in [2.75, 3.05) is 0 Å². The van der Waals surface area contributed by atoms with E-state index in [1.54, 1.807) is 12.1 Å². The highest BCUT2D eigenvalue weighted by Crippen LogP contribution is 2.22. The summed E-state index contributed by atoms with van der Waals surface area (Å²) in [4.78, 5) is 15.8. The van der Waals surface area contributed by atoms with Gasteiger partial charge in [-0.05, 0) is 31.9 Å². The third-order valence-corrected chi connectivity index (χ3v) is 2.91. The fourth-order valence-electron chi connectivity index (χ4n) is 1.39. The zero-order chi connectivity index (χ0) is 11.7. The third-order valence-electron chi connectivity index (χ3n) is 2.41. The van der Waals surface area contributed by atoms with Crippen molar-refractivity contribution in [2.24, 2.45) is 0 Å². The molecule has 3 nitrogen and oxygen atoms in total. The molecular formula is C11H11Cl2N2O. The molecule has 0 amide bonds. The van der Waals surface area contributed by atoms with Gasteiger partial charge in [0.15, 0.2) is 5.78 Å². The topological polar surface area (TPSA) is 42.0 Å². The standard InChI is InChI=1S/C11H11Cl2N2O/c1-6(14-7-2-3-7)10(16)8-4-5-9(12)15-11(8)13/h4-7,14H,1-3H2. The van der Waals surface area contributed by atoms with Crippen molar-refractivity contribution in [3.8, 4) is 0 Å². The zero-order valence-corrected chi connectivity index (χ0v) is 10.1. The average Bonchev–Trinajstić information content (AvgIpc) is 3.00. The number of Topliss-reactive ketones (excluding diaryl/α,β-unsaturated/α-hetero) is 1. The number of pyridine rings is 1. The fraction of sp³-hybridized carbons (Fsp3) is 0.364.